The van der Waals surface area contributed by atoms with E-state index in [0.717, 1.165) is 40.9 Å². The van der Waals surface area contributed by atoms with E-state index < -0.39 is 0 Å². The van der Waals surface area contributed by atoms with Gasteiger partial charge in [-0.15, -0.1) is 0 Å². The Hall–Kier alpha value is -3.69. The molecule has 196 valence electrons. The zero-order chi connectivity index (χ0) is 26.4. The summed E-state index contributed by atoms with van der Waals surface area (Å²) in [6.45, 7) is 6.23. The van der Waals surface area contributed by atoms with E-state index in [1.807, 2.05) is 50.6 Å². The van der Waals surface area contributed by atoms with Crippen LogP contribution in [-0.4, -0.2) is 81.3 Å². The molecule has 0 unspecified atom stereocenters. The Morgan fingerprint density at radius 3 is 2.59 bits per heavy atom. The number of anilines is 2. The van der Waals surface area contributed by atoms with Crippen LogP contribution in [0.3, 0.4) is 0 Å². The van der Waals surface area contributed by atoms with Gasteiger partial charge in [-0.25, -0.2) is 9.97 Å². The summed E-state index contributed by atoms with van der Waals surface area (Å²) in [5, 5.41) is 8.87. The molecule has 2 atom stereocenters. The van der Waals surface area contributed by atoms with Crippen molar-refractivity contribution in [2.75, 3.05) is 65.3 Å². The van der Waals surface area contributed by atoms with Crippen LogP contribution < -0.4 is 20.1 Å². The van der Waals surface area contributed by atoms with Gasteiger partial charge in [-0.05, 0) is 44.4 Å². The number of allylic oxidation sites excluding steroid dienone is 1. The van der Waals surface area contributed by atoms with Crippen LogP contribution in [0.1, 0.15) is 6.42 Å². The summed E-state index contributed by atoms with van der Waals surface area (Å²) < 4.78 is 16.6. The number of nitrogens with zero attached hydrogens (tertiary/aromatic N) is 3. The van der Waals surface area contributed by atoms with E-state index in [0.29, 0.717) is 37.0 Å². The average Bonchev–Trinajstić information content (AvgIpc) is 3.33. The number of benzene rings is 1. The normalized spacial score (nSPS) is 17.1. The molecule has 37 heavy (non-hydrogen) atoms. The highest BCUT2D eigenvalue weighted by Gasteiger charge is 2.29. The molecule has 9 heteroatoms. The lowest BCUT2D eigenvalue weighted by Crippen LogP contribution is -2.29. The first-order chi connectivity index (χ1) is 17.9. The van der Waals surface area contributed by atoms with Gasteiger partial charge in [0.25, 0.3) is 0 Å². The van der Waals surface area contributed by atoms with Crippen molar-refractivity contribution in [1.29, 1.82) is 0 Å². The first kappa shape index (κ1) is 26.4. The molecular formula is C28H35N5O4. The van der Waals surface area contributed by atoms with Crippen LogP contribution in [0.4, 0.5) is 11.6 Å². The minimum Gasteiger partial charge on any atom is -0.497 e. The summed E-state index contributed by atoms with van der Waals surface area (Å²) in [5.74, 6) is 2.96. The first-order valence-electron chi connectivity index (χ1n) is 12.3. The second-order valence-corrected chi connectivity index (χ2v) is 9.40. The maximum atomic E-state index is 11.9. The average molecular weight is 506 g/mol. The SMILES string of the molecule is C=CC(=O)C[C@H]1COC[C@H]1Nc1cc2c(NCCN(C)C)nc(-c3cc(OC)cc(OC)c3)cc2cn1. The Kier molecular flexibility index (Phi) is 8.58. The van der Waals surface area contributed by atoms with Crippen molar-refractivity contribution in [1.82, 2.24) is 14.9 Å². The number of hydrogen-bond acceptors (Lipinski definition) is 9. The van der Waals surface area contributed by atoms with Crippen molar-refractivity contribution in [3.63, 3.8) is 0 Å². The van der Waals surface area contributed by atoms with Gasteiger partial charge in [0.2, 0.25) is 0 Å². The monoisotopic (exact) mass is 505 g/mol. The van der Waals surface area contributed by atoms with Crippen molar-refractivity contribution in [3.8, 4) is 22.8 Å². The van der Waals surface area contributed by atoms with Crippen LogP contribution in [-0.2, 0) is 9.53 Å². The quantitative estimate of drug-likeness (QED) is 0.356. The van der Waals surface area contributed by atoms with Gasteiger partial charge in [0.1, 0.15) is 23.1 Å². The summed E-state index contributed by atoms with van der Waals surface area (Å²) in [5.41, 5.74) is 1.67. The van der Waals surface area contributed by atoms with Gasteiger partial charge in [0.05, 0.1) is 39.2 Å². The summed E-state index contributed by atoms with van der Waals surface area (Å²) in [7, 11) is 7.34. The smallest absolute Gasteiger partial charge is 0.155 e. The molecule has 0 bridgehead atoms. The van der Waals surface area contributed by atoms with Crippen molar-refractivity contribution in [2.45, 2.75) is 12.5 Å². The zero-order valence-corrected chi connectivity index (χ0v) is 21.9. The number of nitrogens with one attached hydrogen (secondary N) is 2. The molecule has 0 radical (unpaired) electrons. The van der Waals surface area contributed by atoms with Crippen LogP contribution in [0.15, 0.2) is 49.2 Å². The van der Waals surface area contributed by atoms with Crippen molar-refractivity contribution in [3.05, 3.63) is 49.2 Å². The second kappa shape index (κ2) is 12.0. The van der Waals surface area contributed by atoms with Crippen molar-refractivity contribution < 1.29 is 19.0 Å². The van der Waals surface area contributed by atoms with Gasteiger partial charge in [-0.1, -0.05) is 6.58 Å². The summed E-state index contributed by atoms with van der Waals surface area (Å²) in [6.07, 6.45) is 3.62. The van der Waals surface area contributed by atoms with E-state index in [-0.39, 0.29) is 17.7 Å². The van der Waals surface area contributed by atoms with E-state index in [1.165, 1.54) is 6.08 Å². The molecule has 1 aliphatic heterocycles. The topological polar surface area (TPSA) is 97.8 Å². The number of ether oxygens (including phenoxy) is 3. The first-order valence-corrected chi connectivity index (χ1v) is 12.3. The standard InChI is InChI=1S/C28H35N5O4/c1-6-21(34)9-20-16-37-17-26(20)31-27-14-24-19(15-30-27)12-25(32-28(24)29-7-8-33(2)3)18-10-22(35-4)13-23(11-18)36-5/h6,10-15,20,26H,1,7-9,16-17H2,2-5H3,(H,29,32)(H,30,31)/t20-,26+/m0/s1. The molecular weight excluding hydrogens is 470 g/mol. The number of carbonyl (C=O) groups is 1. The fourth-order valence-electron chi connectivity index (χ4n) is 4.35. The zero-order valence-electron chi connectivity index (χ0n) is 21.9. The van der Waals surface area contributed by atoms with E-state index in [1.54, 1.807) is 14.2 Å². The Morgan fingerprint density at radius 1 is 1.16 bits per heavy atom. The van der Waals surface area contributed by atoms with E-state index in [4.69, 9.17) is 19.2 Å². The molecule has 3 heterocycles. The van der Waals surface area contributed by atoms with Gasteiger partial charge < -0.3 is 29.7 Å². The minimum absolute atomic E-state index is 0.00418. The number of likely N-dealkylation sites (N-methyl/N-ethyl adjacent to an activating group) is 1. The minimum atomic E-state index is -0.00418. The number of pyridine rings is 2. The maximum absolute atomic E-state index is 11.9. The number of methoxy groups -OCH3 is 2. The number of ketones is 1. The molecule has 1 fully saturated rings. The second-order valence-electron chi connectivity index (χ2n) is 9.40. The predicted molar refractivity (Wildman–Crippen MR) is 147 cm³/mol. The molecule has 0 saturated carbocycles. The lowest BCUT2D eigenvalue weighted by molar-refractivity contribution is -0.115. The Bertz CT molecular complexity index is 1240. The summed E-state index contributed by atoms with van der Waals surface area (Å²) >= 11 is 0. The van der Waals surface area contributed by atoms with Crippen LogP contribution in [0.5, 0.6) is 11.5 Å². The molecule has 0 aliphatic carbocycles. The van der Waals surface area contributed by atoms with Gasteiger partial charge >= 0.3 is 0 Å². The number of aromatic nitrogens is 2. The van der Waals surface area contributed by atoms with E-state index in [2.05, 4.69) is 27.1 Å². The third kappa shape index (κ3) is 6.55. The molecule has 0 amide bonds. The van der Waals surface area contributed by atoms with Crippen molar-refractivity contribution in [2.24, 2.45) is 5.92 Å². The summed E-state index contributed by atoms with van der Waals surface area (Å²) in [6, 6.07) is 9.73. The van der Waals surface area contributed by atoms with Gasteiger partial charge in [0.15, 0.2) is 5.78 Å². The fraction of sp³-hybridized carbons (Fsp3) is 0.393. The Labute approximate surface area is 217 Å². The lowest BCUT2D eigenvalue weighted by atomic mass is 9.97. The Balaban J connectivity index is 1.69. The highest BCUT2D eigenvalue weighted by Crippen LogP contribution is 2.33. The van der Waals surface area contributed by atoms with Crippen LogP contribution >= 0.6 is 0 Å². The Morgan fingerprint density at radius 2 is 1.92 bits per heavy atom. The van der Waals surface area contributed by atoms with Crippen LogP contribution in [0.2, 0.25) is 0 Å². The van der Waals surface area contributed by atoms with E-state index >= 15 is 0 Å². The van der Waals surface area contributed by atoms with Crippen molar-refractivity contribution >= 4 is 28.2 Å². The number of rotatable bonds is 12. The fourth-order valence-corrected chi connectivity index (χ4v) is 4.35. The largest absolute Gasteiger partial charge is 0.497 e. The van der Waals surface area contributed by atoms with Gasteiger partial charge in [0, 0.05) is 54.0 Å². The molecule has 2 N–H and O–H groups in total. The molecule has 0 spiro atoms. The molecule has 1 saturated heterocycles. The molecule has 3 aromatic rings. The van der Waals surface area contributed by atoms with Crippen LogP contribution in [0, 0.1) is 5.92 Å². The predicted octanol–water partition coefficient (Wildman–Crippen LogP) is 3.86. The van der Waals surface area contributed by atoms with Gasteiger partial charge in [-0.2, -0.15) is 0 Å². The highest BCUT2D eigenvalue weighted by molar-refractivity contribution is 5.95. The third-order valence-corrected chi connectivity index (χ3v) is 6.44. The molecule has 4 rings (SSSR count). The molecule has 2 aromatic heterocycles. The third-order valence-electron chi connectivity index (χ3n) is 6.44. The molecule has 9 nitrogen and oxygen atoms in total. The number of fused-ring (bicyclic) bond motifs is 1. The lowest BCUT2D eigenvalue weighted by Gasteiger charge is -2.19. The number of carbonyl (C=O) groups excluding carboxylic acids is 1. The molecule has 1 aliphatic rings. The summed E-state index contributed by atoms with van der Waals surface area (Å²) in [4.78, 5) is 23.7. The van der Waals surface area contributed by atoms with Crippen LogP contribution in [0.25, 0.3) is 22.0 Å². The highest BCUT2D eigenvalue weighted by atomic mass is 16.5. The maximum Gasteiger partial charge on any atom is 0.155 e. The molecule has 1 aromatic carbocycles. The van der Waals surface area contributed by atoms with Gasteiger partial charge in [-0.3, -0.25) is 4.79 Å². The number of hydrogen-bond donors (Lipinski definition) is 2. The van der Waals surface area contributed by atoms with E-state index in [9.17, 15) is 4.79 Å².